The van der Waals surface area contributed by atoms with E-state index < -0.39 is 31.3 Å². The Hall–Kier alpha value is -3.41. The molecule has 660 valence electrons. The van der Waals surface area contributed by atoms with Gasteiger partial charge in [0.25, 0.3) is 0 Å². The standard InChI is InChI=1S/C33H37N5O6S.C32H39N5O6.C7H6N4S.2CHF3O3S.6Na.4H2O/c39-24-30-4-1-3-29(35-30)23-37-11-15-41-19-21-43-17-13-38(14-18-44-22-20-42-16-12-37)33(32-6-2-5-31(25-40)36-32)27-7-9-28(10-8-27)34-26-45;33-27-9-7-26(8-10-27)32(31-6-2-5-30(25-39)35-31)37-13-17-42-21-19-40-15-11-36(12-16-41-20-22-43-18-14-37)23-28-3-1-4-29(24-38)34-28;12-7(10-3-1-8-5-10)11-4-2-9-6-11;2*2-1(3,4)8(5,6)7;;;;;;;;;;/h1-10,33H,11-23H2;1-10,32H,11-23,33H2;1-6H;2*(H,5,6,7);;;;;;;4*1H2/q2*-2;;;;6*+1;;;;/p-6. The molecule has 6 N–H and O–H groups in total. The van der Waals surface area contributed by atoms with E-state index >= 15 is 0 Å². The summed E-state index contributed by atoms with van der Waals surface area (Å²) in [6.45, 7) is 13.7. The molecule has 8 aromatic rings. The number of alkyl halides is 6. The van der Waals surface area contributed by atoms with Crippen LogP contribution in [0.25, 0.3) is 0 Å². The first-order chi connectivity index (χ1) is 55.7. The summed E-state index contributed by atoms with van der Waals surface area (Å²) in [7, 11) is -12.2. The largest absolute Gasteiger partial charge is 1.00 e. The molecule has 2 fully saturated rings. The van der Waals surface area contributed by atoms with Gasteiger partial charge in [-0.25, -0.2) is 26.8 Å². The Kier molecular flexibility index (Phi) is 76.0. The number of imidazole rings is 2. The van der Waals surface area contributed by atoms with Crippen LogP contribution < -0.4 is 183 Å². The maximum absolute atomic E-state index is 11.4. The van der Waals surface area contributed by atoms with Crippen molar-refractivity contribution in [3.8, 4) is 0 Å². The third kappa shape index (κ3) is 51.2. The summed E-state index contributed by atoms with van der Waals surface area (Å²) in [6.07, 6.45) is 17.8. The molecule has 126 heavy (non-hydrogen) atoms. The molecular weight excluding hydrogens is 1820 g/mol. The van der Waals surface area contributed by atoms with Crippen molar-refractivity contribution in [3.05, 3.63) is 215 Å². The normalized spacial score (nSPS) is 15.3. The molecule has 0 aliphatic carbocycles. The predicted octanol–water partition coefficient (Wildman–Crippen LogP) is -12.8. The maximum Gasteiger partial charge on any atom is 1.00 e. The number of aromatic nitrogens is 8. The number of isothiocyanates is 1. The van der Waals surface area contributed by atoms with Gasteiger partial charge < -0.3 is 93.8 Å². The number of nitrogens with zero attached hydrogens (tertiary/aromatic N) is 13. The summed E-state index contributed by atoms with van der Waals surface area (Å²) in [6, 6.07) is 36.2. The third-order valence-electron chi connectivity index (χ3n) is 16.1. The van der Waals surface area contributed by atoms with E-state index in [1.807, 2.05) is 116 Å². The molecule has 36 nitrogen and oxygen atoms in total. The van der Waals surface area contributed by atoms with Gasteiger partial charge in [0, 0.05) is 132 Å². The monoisotopic (exact) mass is 1900 g/mol. The zero-order valence-electron chi connectivity index (χ0n) is 70.0. The maximum atomic E-state index is 11.4. The molecule has 2 aromatic carbocycles. The van der Waals surface area contributed by atoms with Crippen LogP contribution in [0.15, 0.2) is 164 Å². The van der Waals surface area contributed by atoms with Gasteiger partial charge in [-0.1, -0.05) is 71.3 Å². The zero-order chi connectivity index (χ0) is 84.0. The number of aliphatic imine (C=N–C) groups is 1. The fourth-order valence-electron chi connectivity index (χ4n) is 10.6. The number of nitrogens with two attached hydrogens (primary N) is 1. The molecule has 0 radical (unpaired) electrons. The summed E-state index contributed by atoms with van der Waals surface area (Å²) in [4.78, 5) is 83.3. The Morgan fingerprint density at radius 1 is 0.437 bits per heavy atom. The topological polar surface area (TPSA) is 515 Å². The summed E-state index contributed by atoms with van der Waals surface area (Å²) < 4.78 is 169. The fourth-order valence-corrected chi connectivity index (χ4v) is 10.9. The number of benzene rings is 2. The Balaban J connectivity index is -0.000000556. The Morgan fingerprint density at radius 3 is 0.968 bits per heavy atom. The number of carbonyl (C=O) groups excluding carboxylic acids is 4. The fraction of sp³-hybridized carbons (Fsp3) is 0.405. The van der Waals surface area contributed by atoms with Crippen molar-refractivity contribution in [2.24, 2.45) is 4.99 Å². The number of thiocarbonyl (C=S) groups is 2. The van der Waals surface area contributed by atoms with Crippen molar-refractivity contribution >= 4 is 91.5 Å². The molecular formula is C74H86F6N14Na6O22S4-4. The number of hydrogen-bond acceptors (Lipinski definition) is 36. The van der Waals surface area contributed by atoms with E-state index in [4.69, 9.17) is 94.0 Å². The van der Waals surface area contributed by atoms with Crippen LogP contribution >= 0.6 is 24.4 Å². The molecule has 2 aliphatic heterocycles. The molecule has 0 bridgehead atoms. The Morgan fingerprint density at radius 2 is 0.706 bits per heavy atom. The van der Waals surface area contributed by atoms with Crippen LogP contribution in [0.2, 0.25) is 0 Å². The number of hydrogen-bond donors (Lipinski definition) is 1. The van der Waals surface area contributed by atoms with Gasteiger partial charge in [-0.2, -0.15) is 55.6 Å². The van der Waals surface area contributed by atoms with Gasteiger partial charge in [0.15, 0.2) is 25.3 Å². The van der Waals surface area contributed by atoms with E-state index in [0.717, 1.165) is 28.2 Å². The number of nitrogen functional groups attached to an aromatic ring is 1. The first kappa shape index (κ1) is 131. The minimum Gasteiger partial charge on any atom is -0.870 e. The van der Waals surface area contributed by atoms with Crippen molar-refractivity contribution < 1.29 is 309 Å². The van der Waals surface area contributed by atoms with Crippen molar-refractivity contribution in [2.45, 2.75) is 36.2 Å². The Bertz CT molecular complexity index is 4440. The van der Waals surface area contributed by atoms with Gasteiger partial charge in [-0.3, -0.25) is 48.7 Å². The summed E-state index contributed by atoms with van der Waals surface area (Å²) in [5.41, 5.74) is 2.12. The first-order valence-electron chi connectivity index (χ1n) is 35.2. The molecule has 2 unspecified atom stereocenters. The molecule has 10 rings (SSSR count). The van der Waals surface area contributed by atoms with E-state index in [9.17, 15) is 45.5 Å². The van der Waals surface area contributed by atoms with Crippen molar-refractivity contribution in [1.82, 2.24) is 58.6 Å². The number of pyridine rings is 4. The average molecular weight is 1900 g/mol. The smallest absolute Gasteiger partial charge is 0.870 e. The number of rotatable bonds is 15. The Labute approximate surface area is 868 Å². The minimum atomic E-state index is -6.09. The van der Waals surface area contributed by atoms with E-state index in [1.165, 1.54) is 0 Å². The quantitative estimate of drug-likeness (QED) is 0.0146. The molecule has 52 heteroatoms. The SMILES string of the molecule is Nc1ccc(C(c2cccc([C-]=O)n2)N2CCOCCOCCN(Cc3cccc([C-]=O)n3)CCOCCOCC2)cc1.O=S(=O)([O-])C(F)(F)F.O=S(=O)([O-])C(F)(F)F.O=[C-]c1cccc(CN2CCOCCOCCN(C(c3ccc(N=C=S)cc3)c3cccc([C-]=O)n3)CCOCCOCC2)n1.S=C(n1ccnc1)n1ccnc1.[Na+].[Na+].[Na+].[Na+].[Na+].[Na+].[OH-].[OH-].[OH-].[OH-]. The van der Waals surface area contributed by atoms with Crippen LogP contribution in [-0.2, 0) is 90.4 Å². The molecule has 6 aromatic heterocycles. The van der Waals surface area contributed by atoms with E-state index in [2.05, 4.69) is 59.7 Å². The molecule has 2 atom stereocenters. The second-order valence-corrected chi connectivity index (χ2v) is 27.4. The van der Waals surface area contributed by atoms with E-state index in [0.29, 0.717) is 205 Å². The van der Waals surface area contributed by atoms with Gasteiger partial charge in [-0.15, -0.1) is 24.3 Å². The molecule has 0 amide bonds. The second kappa shape index (κ2) is 73.0. The van der Waals surface area contributed by atoms with Crippen LogP contribution in [0.4, 0.5) is 37.7 Å². The van der Waals surface area contributed by atoms with Gasteiger partial charge in [0.2, 0.25) is 0 Å². The van der Waals surface area contributed by atoms with Crippen LogP contribution in [0.1, 0.15) is 68.8 Å². The molecule has 2 aliphatic rings. The van der Waals surface area contributed by atoms with Crippen LogP contribution in [0.5, 0.6) is 0 Å². The van der Waals surface area contributed by atoms with Gasteiger partial charge in [0.1, 0.15) is 12.7 Å². The molecule has 0 spiro atoms. The second-order valence-electron chi connectivity index (χ2n) is 24.1. The van der Waals surface area contributed by atoms with Gasteiger partial charge in [0.05, 0.1) is 140 Å². The molecule has 2 saturated heterocycles. The van der Waals surface area contributed by atoms with E-state index in [1.54, 1.807) is 76.9 Å². The summed E-state index contributed by atoms with van der Waals surface area (Å²) in [5, 5.41) is 3.04. The van der Waals surface area contributed by atoms with Crippen molar-refractivity contribution in [2.75, 3.05) is 164 Å². The van der Waals surface area contributed by atoms with Crippen LogP contribution in [0.3, 0.4) is 0 Å². The van der Waals surface area contributed by atoms with Crippen molar-refractivity contribution in [3.63, 3.8) is 0 Å². The van der Waals surface area contributed by atoms with Gasteiger partial charge in [-0.05, 0) is 59.8 Å². The molecule has 8 heterocycles. The van der Waals surface area contributed by atoms with E-state index in [-0.39, 0.29) is 223 Å². The zero-order valence-corrected chi connectivity index (χ0v) is 85.2. The van der Waals surface area contributed by atoms with Crippen LogP contribution in [0, 0.1) is 0 Å². The minimum absolute atomic E-state index is 0. The molecule has 0 saturated carbocycles. The predicted molar refractivity (Wildman–Crippen MR) is 419 cm³/mol. The number of anilines is 1. The van der Waals surface area contributed by atoms with Gasteiger partial charge >= 0.3 is 188 Å². The number of halogens is 6. The number of ether oxygens (including phenoxy) is 8. The third-order valence-corrected chi connectivity index (χ3v) is 17.7. The van der Waals surface area contributed by atoms with Crippen LogP contribution in [-0.4, -0.2) is 311 Å². The summed E-state index contributed by atoms with van der Waals surface area (Å²) >= 11 is 9.89. The first-order valence-corrected chi connectivity index (χ1v) is 38.9. The average Bonchev–Trinajstić information content (AvgIpc) is 1.15. The summed E-state index contributed by atoms with van der Waals surface area (Å²) in [5.74, 6) is 0. The van der Waals surface area contributed by atoms with Crippen molar-refractivity contribution in [1.29, 1.82) is 0 Å².